The first-order valence-electron chi connectivity index (χ1n) is 6.99. The first-order chi connectivity index (χ1) is 9.23. The van der Waals surface area contributed by atoms with Gasteiger partial charge in [-0.3, -0.25) is 4.79 Å². The minimum Gasteiger partial charge on any atom is -0.469 e. The van der Waals surface area contributed by atoms with Crippen LogP contribution < -0.4 is 0 Å². The van der Waals surface area contributed by atoms with Crippen LogP contribution in [0.15, 0.2) is 0 Å². The van der Waals surface area contributed by atoms with Crippen molar-refractivity contribution in [2.45, 2.75) is 63.8 Å². The van der Waals surface area contributed by atoms with Crippen molar-refractivity contribution in [3.8, 4) is 0 Å². The van der Waals surface area contributed by atoms with Crippen molar-refractivity contribution in [3.05, 3.63) is 0 Å². The van der Waals surface area contributed by atoms with E-state index in [1.165, 1.54) is 7.11 Å². The Morgan fingerprint density at radius 1 is 1.30 bits per heavy atom. The number of carbonyl (C=O) groups is 2. The van der Waals surface area contributed by atoms with Gasteiger partial charge < -0.3 is 19.5 Å². The van der Waals surface area contributed by atoms with E-state index in [1.807, 2.05) is 20.8 Å². The molecule has 1 amide bonds. The summed E-state index contributed by atoms with van der Waals surface area (Å²) in [5.41, 5.74) is -0.576. The number of hydrogen-bond acceptors (Lipinski definition) is 5. The van der Waals surface area contributed by atoms with Gasteiger partial charge >= 0.3 is 12.1 Å². The molecule has 1 heterocycles. The number of esters is 1. The lowest BCUT2D eigenvalue weighted by molar-refractivity contribution is -0.142. The molecule has 1 saturated heterocycles. The van der Waals surface area contributed by atoms with Gasteiger partial charge in [0, 0.05) is 12.0 Å². The van der Waals surface area contributed by atoms with Crippen LogP contribution in [-0.4, -0.2) is 53.0 Å². The highest BCUT2D eigenvalue weighted by Crippen LogP contribution is 2.44. The van der Waals surface area contributed by atoms with Crippen LogP contribution in [0.3, 0.4) is 0 Å². The molecule has 0 aromatic rings. The van der Waals surface area contributed by atoms with Crippen molar-refractivity contribution in [2.75, 3.05) is 7.11 Å². The van der Waals surface area contributed by atoms with E-state index in [4.69, 9.17) is 4.74 Å². The fourth-order valence-electron chi connectivity index (χ4n) is 3.24. The molecule has 6 nitrogen and oxygen atoms in total. The maximum Gasteiger partial charge on any atom is 0.410 e. The Labute approximate surface area is 119 Å². The number of aliphatic hydroxyl groups excluding tert-OH is 1. The number of piperidine rings is 1. The maximum absolute atomic E-state index is 12.3. The van der Waals surface area contributed by atoms with Crippen LogP contribution >= 0.6 is 0 Å². The Morgan fingerprint density at radius 2 is 1.95 bits per heavy atom. The van der Waals surface area contributed by atoms with Crippen LogP contribution in [0.2, 0.25) is 0 Å². The third-order valence-corrected chi connectivity index (χ3v) is 4.00. The Balaban J connectivity index is 2.13. The molecule has 1 aliphatic carbocycles. The van der Waals surface area contributed by atoms with E-state index in [1.54, 1.807) is 4.90 Å². The fourth-order valence-corrected chi connectivity index (χ4v) is 3.24. The molecule has 2 aliphatic rings. The lowest BCUT2D eigenvalue weighted by Gasteiger charge is -2.37. The molecule has 0 aromatic carbocycles. The van der Waals surface area contributed by atoms with Crippen LogP contribution in [0.25, 0.3) is 0 Å². The number of methoxy groups -OCH3 is 1. The summed E-state index contributed by atoms with van der Waals surface area (Å²) in [4.78, 5) is 25.5. The number of rotatable bonds is 2. The van der Waals surface area contributed by atoms with Gasteiger partial charge in [0.2, 0.25) is 0 Å². The van der Waals surface area contributed by atoms with Gasteiger partial charge in [-0.05, 0) is 33.6 Å². The predicted molar refractivity (Wildman–Crippen MR) is 71.0 cm³/mol. The Bertz CT molecular complexity index is 403. The summed E-state index contributed by atoms with van der Waals surface area (Å²) in [6.45, 7) is 5.43. The topological polar surface area (TPSA) is 76.1 Å². The van der Waals surface area contributed by atoms with Gasteiger partial charge in [0.05, 0.1) is 25.7 Å². The number of ether oxygens (including phenoxy) is 2. The second-order valence-electron chi connectivity index (χ2n) is 6.59. The van der Waals surface area contributed by atoms with Gasteiger partial charge in [-0.25, -0.2) is 4.79 Å². The molecule has 4 atom stereocenters. The molecule has 114 valence electrons. The summed E-state index contributed by atoms with van der Waals surface area (Å²) in [6.07, 6.45) is 0.525. The third kappa shape index (κ3) is 2.90. The van der Waals surface area contributed by atoms with E-state index in [9.17, 15) is 14.7 Å². The molecule has 1 saturated carbocycles. The van der Waals surface area contributed by atoms with E-state index in [2.05, 4.69) is 4.74 Å². The molecule has 2 bridgehead atoms. The summed E-state index contributed by atoms with van der Waals surface area (Å²) in [6, 6.07) is -0.370. The lowest BCUT2D eigenvalue weighted by atomic mass is 9.93. The third-order valence-electron chi connectivity index (χ3n) is 4.00. The van der Waals surface area contributed by atoms with E-state index < -0.39 is 17.8 Å². The van der Waals surface area contributed by atoms with Gasteiger partial charge in [0.15, 0.2) is 0 Å². The summed E-state index contributed by atoms with van der Waals surface area (Å²) in [7, 11) is 1.32. The molecule has 2 fully saturated rings. The molecule has 20 heavy (non-hydrogen) atoms. The maximum atomic E-state index is 12.3. The quantitative estimate of drug-likeness (QED) is 0.774. The standard InChI is InChI=1S/C14H23NO5/c1-14(2,3)20-13(18)15-8-5-9(11(16)6-8)10(15)7-12(17)19-4/h8-11,16H,5-7H2,1-4H3. The number of likely N-dealkylation sites (tertiary alicyclic amines) is 1. The highest BCUT2D eigenvalue weighted by atomic mass is 16.6. The second kappa shape index (κ2) is 5.24. The molecule has 4 unspecified atom stereocenters. The van der Waals surface area contributed by atoms with E-state index in [0.717, 1.165) is 6.42 Å². The zero-order valence-corrected chi connectivity index (χ0v) is 12.5. The van der Waals surface area contributed by atoms with Gasteiger partial charge in [0.1, 0.15) is 5.60 Å². The van der Waals surface area contributed by atoms with Crippen LogP contribution in [-0.2, 0) is 14.3 Å². The first-order valence-corrected chi connectivity index (χ1v) is 6.99. The number of amides is 1. The van der Waals surface area contributed by atoms with Crippen LogP contribution in [0.4, 0.5) is 4.79 Å². The van der Waals surface area contributed by atoms with Crippen molar-refractivity contribution < 1.29 is 24.2 Å². The Hall–Kier alpha value is -1.30. The van der Waals surface area contributed by atoms with Crippen molar-refractivity contribution in [3.63, 3.8) is 0 Å². The Kier molecular flexibility index (Phi) is 3.95. The summed E-state index contributed by atoms with van der Waals surface area (Å²) in [5, 5.41) is 9.98. The second-order valence-corrected chi connectivity index (χ2v) is 6.59. The number of fused-ring (bicyclic) bond motifs is 2. The minimum absolute atomic E-state index is 0.0421. The van der Waals surface area contributed by atoms with Crippen molar-refractivity contribution >= 4 is 12.1 Å². The van der Waals surface area contributed by atoms with Crippen molar-refractivity contribution in [2.24, 2.45) is 5.92 Å². The van der Waals surface area contributed by atoms with E-state index in [0.29, 0.717) is 6.42 Å². The predicted octanol–water partition coefficient (Wildman–Crippen LogP) is 1.31. The molecular weight excluding hydrogens is 262 g/mol. The van der Waals surface area contributed by atoms with Gasteiger partial charge in [-0.15, -0.1) is 0 Å². The average molecular weight is 285 g/mol. The highest BCUT2D eigenvalue weighted by molar-refractivity contribution is 5.74. The number of aliphatic hydroxyl groups is 1. The zero-order valence-electron chi connectivity index (χ0n) is 12.5. The number of hydrogen-bond donors (Lipinski definition) is 1. The molecule has 1 N–H and O–H groups in total. The molecule has 2 rings (SSSR count). The van der Waals surface area contributed by atoms with E-state index in [-0.39, 0.29) is 30.4 Å². The molecule has 0 spiro atoms. The molecule has 1 aliphatic heterocycles. The monoisotopic (exact) mass is 285 g/mol. The zero-order chi connectivity index (χ0) is 15.1. The highest BCUT2D eigenvalue weighted by Gasteiger charge is 2.54. The smallest absolute Gasteiger partial charge is 0.410 e. The molecule has 0 aromatic heterocycles. The molecule has 0 radical (unpaired) electrons. The van der Waals surface area contributed by atoms with Gasteiger partial charge in [-0.1, -0.05) is 0 Å². The van der Waals surface area contributed by atoms with Crippen LogP contribution in [0, 0.1) is 5.92 Å². The summed E-state index contributed by atoms with van der Waals surface area (Å²) >= 11 is 0. The Morgan fingerprint density at radius 3 is 2.50 bits per heavy atom. The van der Waals surface area contributed by atoms with Gasteiger partial charge in [0.25, 0.3) is 0 Å². The van der Waals surface area contributed by atoms with E-state index >= 15 is 0 Å². The first kappa shape index (κ1) is 15.1. The fraction of sp³-hybridized carbons (Fsp3) is 0.857. The largest absolute Gasteiger partial charge is 0.469 e. The van der Waals surface area contributed by atoms with Gasteiger partial charge in [-0.2, -0.15) is 0 Å². The van der Waals surface area contributed by atoms with Crippen LogP contribution in [0.1, 0.15) is 40.0 Å². The summed E-state index contributed by atoms with van der Waals surface area (Å²) < 4.78 is 10.1. The number of nitrogens with zero attached hydrogens (tertiary/aromatic N) is 1. The SMILES string of the molecule is COC(=O)CC1C2CC(CC2O)N1C(=O)OC(C)(C)C. The minimum atomic E-state index is -0.576. The van der Waals surface area contributed by atoms with Crippen molar-refractivity contribution in [1.29, 1.82) is 0 Å². The van der Waals surface area contributed by atoms with Crippen LogP contribution in [0.5, 0.6) is 0 Å². The lowest BCUT2D eigenvalue weighted by Crippen LogP contribution is -2.51. The average Bonchev–Trinajstić information content (AvgIpc) is 2.82. The molecular formula is C14H23NO5. The summed E-state index contributed by atoms with van der Waals surface area (Å²) in [5.74, 6) is -0.435. The normalized spacial score (nSPS) is 32.4. The van der Waals surface area contributed by atoms with Crippen molar-refractivity contribution in [1.82, 2.24) is 4.90 Å². The molecule has 6 heteroatoms. The number of carbonyl (C=O) groups excluding carboxylic acids is 2.